The fourth-order valence-electron chi connectivity index (χ4n) is 2.48. The summed E-state index contributed by atoms with van der Waals surface area (Å²) in [6.45, 7) is 5.40. The second-order valence-electron chi connectivity index (χ2n) is 5.22. The predicted octanol–water partition coefficient (Wildman–Crippen LogP) is 2.91. The van der Waals surface area contributed by atoms with E-state index < -0.39 is 5.97 Å². The minimum absolute atomic E-state index is 0.127. The third-order valence-electron chi connectivity index (χ3n) is 3.70. The highest BCUT2D eigenvalue weighted by Crippen LogP contribution is 2.20. The van der Waals surface area contributed by atoms with Crippen molar-refractivity contribution >= 4 is 11.9 Å². The molecule has 2 rings (SSSR count). The SMILES string of the molecule is COC(=O)c1c(C)[nH]c(C(=O)N[C@@H](C)c2ccccc2)c1C. The lowest BCUT2D eigenvalue weighted by Crippen LogP contribution is -2.27. The summed E-state index contributed by atoms with van der Waals surface area (Å²) < 4.78 is 4.75. The van der Waals surface area contributed by atoms with Crippen LogP contribution in [0.25, 0.3) is 0 Å². The number of benzene rings is 1. The zero-order valence-corrected chi connectivity index (χ0v) is 13.2. The molecule has 0 aliphatic carbocycles. The van der Waals surface area contributed by atoms with Crippen LogP contribution >= 0.6 is 0 Å². The van der Waals surface area contributed by atoms with Gasteiger partial charge in [-0.2, -0.15) is 0 Å². The van der Waals surface area contributed by atoms with Gasteiger partial charge >= 0.3 is 5.97 Å². The van der Waals surface area contributed by atoms with Crippen molar-refractivity contribution in [3.05, 3.63) is 58.4 Å². The molecular formula is C17H20N2O3. The van der Waals surface area contributed by atoms with Crippen LogP contribution < -0.4 is 5.32 Å². The normalized spacial score (nSPS) is 11.8. The van der Waals surface area contributed by atoms with Crippen molar-refractivity contribution in [3.8, 4) is 0 Å². The van der Waals surface area contributed by atoms with E-state index in [1.807, 2.05) is 37.3 Å². The molecule has 116 valence electrons. The first kappa shape index (κ1) is 15.8. The number of aryl methyl sites for hydroxylation is 1. The van der Waals surface area contributed by atoms with Gasteiger partial charge in [0.1, 0.15) is 5.69 Å². The van der Waals surface area contributed by atoms with Crippen molar-refractivity contribution in [2.75, 3.05) is 7.11 Å². The molecule has 0 aliphatic rings. The minimum Gasteiger partial charge on any atom is -0.465 e. The molecule has 0 unspecified atom stereocenters. The van der Waals surface area contributed by atoms with Crippen LogP contribution in [-0.4, -0.2) is 24.0 Å². The Bertz CT molecular complexity index is 689. The summed E-state index contributed by atoms with van der Waals surface area (Å²) in [4.78, 5) is 27.2. The second-order valence-corrected chi connectivity index (χ2v) is 5.22. The molecule has 0 saturated carbocycles. The molecule has 1 aromatic carbocycles. The van der Waals surface area contributed by atoms with E-state index in [-0.39, 0.29) is 11.9 Å². The lowest BCUT2D eigenvalue weighted by molar-refractivity contribution is 0.0599. The van der Waals surface area contributed by atoms with Crippen molar-refractivity contribution < 1.29 is 14.3 Å². The Balaban J connectivity index is 2.22. The van der Waals surface area contributed by atoms with Gasteiger partial charge in [-0.05, 0) is 31.9 Å². The molecule has 5 heteroatoms. The molecule has 0 radical (unpaired) electrons. The molecule has 1 atom stereocenters. The number of hydrogen-bond acceptors (Lipinski definition) is 3. The fourth-order valence-corrected chi connectivity index (χ4v) is 2.48. The first-order chi connectivity index (χ1) is 10.5. The molecular weight excluding hydrogens is 280 g/mol. The van der Waals surface area contributed by atoms with Gasteiger partial charge in [-0.3, -0.25) is 4.79 Å². The van der Waals surface area contributed by atoms with Crippen molar-refractivity contribution in [1.82, 2.24) is 10.3 Å². The van der Waals surface area contributed by atoms with Gasteiger partial charge in [-0.15, -0.1) is 0 Å². The summed E-state index contributed by atoms with van der Waals surface area (Å²) >= 11 is 0. The number of esters is 1. The minimum atomic E-state index is -0.443. The monoisotopic (exact) mass is 300 g/mol. The quantitative estimate of drug-likeness (QED) is 0.853. The zero-order valence-electron chi connectivity index (χ0n) is 13.2. The van der Waals surface area contributed by atoms with E-state index in [2.05, 4.69) is 10.3 Å². The highest BCUT2D eigenvalue weighted by Gasteiger charge is 2.23. The predicted molar refractivity (Wildman–Crippen MR) is 83.9 cm³/mol. The van der Waals surface area contributed by atoms with E-state index in [0.717, 1.165) is 5.56 Å². The Kier molecular flexibility index (Phi) is 4.65. The van der Waals surface area contributed by atoms with Crippen molar-refractivity contribution in [3.63, 3.8) is 0 Å². The second kappa shape index (κ2) is 6.47. The fraction of sp³-hybridized carbons (Fsp3) is 0.294. The number of carbonyl (C=O) groups excluding carboxylic acids is 2. The standard InChI is InChI=1S/C17H20N2O3/c1-10-14(17(21)22-4)12(3)18-15(10)16(20)19-11(2)13-8-6-5-7-9-13/h5-9,11,18H,1-4H3,(H,19,20)/t11-/m0/s1. The molecule has 5 nitrogen and oxygen atoms in total. The van der Waals surface area contributed by atoms with E-state index >= 15 is 0 Å². The van der Waals surface area contributed by atoms with Crippen LogP contribution in [-0.2, 0) is 4.74 Å². The summed E-state index contributed by atoms with van der Waals surface area (Å²) in [5.41, 5.74) is 3.05. The Morgan fingerprint density at radius 1 is 1.18 bits per heavy atom. The maximum atomic E-state index is 12.4. The highest BCUT2D eigenvalue weighted by atomic mass is 16.5. The van der Waals surface area contributed by atoms with Crippen molar-refractivity contribution in [2.24, 2.45) is 0 Å². The number of H-pyrrole nitrogens is 1. The van der Waals surface area contributed by atoms with E-state index in [4.69, 9.17) is 4.74 Å². The number of aromatic amines is 1. The molecule has 0 saturated heterocycles. The topological polar surface area (TPSA) is 71.2 Å². The third kappa shape index (κ3) is 3.03. The van der Waals surface area contributed by atoms with Gasteiger partial charge in [0.15, 0.2) is 0 Å². The van der Waals surface area contributed by atoms with Gasteiger partial charge in [-0.25, -0.2) is 4.79 Å². The number of amides is 1. The lowest BCUT2D eigenvalue weighted by Gasteiger charge is -2.14. The largest absolute Gasteiger partial charge is 0.465 e. The summed E-state index contributed by atoms with van der Waals surface area (Å²) in [5, 5.41) is 2.93. The van der Waals surface area contributed by atoms with Crippen LogP contribution in [0.15, 0.2) is 30.3 Å². The Morgan fingerprint density at radius 2 is 1.82 bits per heavy atom. The third-order valence-corrected chi connectivity index (χ3v) is 3.70. The smallest absolute Gasteiger partial charge is 0.339 e. The van der Waals surface area contributed by atoms with Gasteiger partial charge in [0.05, 0.1) is 18.7 Å². The maximum Gasteiger partial charge on any atom is 0.339 e. The van der Waals surface area contributed by atoms with Gasteiger partial charge in [0.25, 0.3) is 5.91 Å². The molecule has 2 N–H and O–H groups in total. The zero-order chi connectivity index (χ0) is 16.3. The average molecular weight is 300 g/mol. The average Bonchev–Trinajstić information content (AvgIpc) is 2.82. The van der Waals surface area contributed by atoms with Crippen LogP contribution in [0.2, 0.25) is 0 Å². The molecule has 1 amide bonds. The lowest BCUT2D eigenvalue weighted by atomic mass is 10.1. The number of aromatic nitrogens is 1. The number of hydrogen-bond donors (Lipinski definition) is 2. The highest BCUT2D eigenvalue weighted by molar-refractivity contribution is 6.00. The molecule has 0 aliphatic heterocycles. The Morgan fingerprint density at radius 3 is 2.41 bits per heavy atom. The van der Waals surface area contributed by atoms with Crippen LogP contribution in [0, 0.1) is 13.8 Å². The number of ether oxygens (including phenoxy) is 1. The molecule has 1 aromatic heterocycles. The molecule has 0 bridgehead atoms. The van der Waals surface area contributed by atoms with Crippen LogP contribution in [0.3, 0.4) is 0 Å². The van der Waals surface area contributed by atoms with Crippen molar-refractivity contribution in [1.29, 1.82) is 0 Å². The summed E-state index contributed by atoms with van der Waals surface area (Å²) in [6, 6.07) is 9.57. The summed E-state index contributed by atoms with van der Waals surface area (Å²) in [5.74, 6) is -0.687. The first-order valence-corrected chi connectivity index (χ1v) is 7.09. The number of methoxy groups -OCH3 is 1. The summed E-state index contributed by atoms with van der Waals surface area (Å²) in [7, 11) is 1.32. The van der Waals surface area contributed by atoms with Gasteiger partial charge in [-0.1, -0.05) is 30.3 Å². The van der Waals surface area contributed by atoms with E-state index in [0.29, 0.717) is 22.5 Å². The molecule has 0 spiro atoms. The molecule has 0 fully saturated rings. The van der Waals surface area contributed by atoms with Gasteiger partial charge < -0.3 is 15.0 Å². The van der Waals surface area contributed by atoms with Gasteiger partial charge in [0, 0.05) is 5.69 Å². The Hall–Kier alpha value is -2.56. The molecule has 1 heterocycles. The number of carbonyl (C=O) groups is 2. The Labute approximate surface area is 129 Å². The van der Waals surface area contributed by atoms with Crippen LogP contribution in [0.5, 0.6) is 0 Å². The molecule has 22 heavy (non-hydrogen) atoms. The first-order valence-electron chi connectivity index (χ1n) is 7.09. The number of nitrogens with one attached hydrogen (secondary N) is 2. The van der Waals surface area contributed by atoms with E-state index in [9.17, 15) is 9.59 Å². The summed E-state index contributed by atoms with van der Waals surface area (Å²) in [6.07, 6.45) is 0. The van der Waals surface area contributed by atoms with Gasteiger partial charge in [0.2, 0.25) is 0 Å². The number of rotatable bonds is 4. The van der Waals surface area contributed by atoms with Crippen LogP contribution in [0.4, 0.5) is 0 Å². The van der Waals surface area contributed by atoms with E-state index in [1.54, 1.807) is 13.8 Å². The maximum absolute atomic E-state index is 12.4. The van der Waals surface area contributed by atoms with Crippen LogP contribution in [0.1, 0.15) is 50.6 Å². The molecule has 2 aromatic rings. The van der Waals surface area contributed by atoms with E-state index in [1.165, 1.54) is 7.11 Å². The van der Waals surface area contributed by atoms with Crippen molar-refractivity contribution in [2.45, 2.75) is 26.8 Å².